The van der Waals surface area contributed by atoms with Crippen LogP contribution in [-0.4, -0.2) is 54.4 Å². The van der Waals surface area contributed by atoms with Crippen molar-refractivity contribution < 1.29 is 9.59 Å². The maximum atomic E-state index is 13.2. The van der Waals surface area contributed by atoms with Crippen molar-refractivity contribution in [2.45, 2.75) is 19.4 Å². The first-order valence-corrected chi connectivity index (χ1v) is 10.4. The van der Waals surface area contributed by atoms with E-state index in [2.05, 4.69) is 25.5 Å². The molecular formula is C22H21N7O2. The van der Waals surface area contributed by atoms with Gasteiger partial charge in [-0.15, -0.1) is 10.2 Å². The fraction of sp³-hybridized carbons (Fsp3) is 0.318. The van der Waals surface area contributed by atoms with Crippen molar-refractivity contribution in [3.8, 4) is 0 Å². The molecule has 0 spiro atoms. The zero-order valence-electron chi connectivity index (χ0n) is 16.9. The summed E-state index contributed by atoms with van der Waals surface area (Å²) >= 11 is 0. The van der Waals surface area contributed by atoms with Crippen molar-refractivity contribution in [1.82, 2.24) is 34.8 Å². The van der Waals surface area contributed by atoms with E-state index in [9.17, 15) is 9.59 Å². The fourth-order valence-corrected chi connectivity index (χ4v) is 4.77. The number of pyridine rings is 2. The minimum absolute atomic E-state index is 0.0259. The number of H-pyrrole nitrogens is 1. The predicted molar refractivity (Wildman–Crippen MR) is 112 cm³/mol. The van der Waals surface area contributed by atoms with Crippen molar-refractivity contribution in [3.63, 3.8) is 0 Å². The van der Waals surface area contributed by atoms with E-state index >= 15 is 0 Å². The lowest BCUT2D eigenvalue weighted by Crippen LogP contribution is -2.40. The highest BCUT2D eigenvalue weighted by Crippen LogP contribution is 2.58. The van der Waals surface area contributed by atoms with Crippen LogP contribution in [0.25, 0.3) is 16.7 Å². The molecule has 156 valence electrons. The molecule has 5 heterocycles. The summed E-state index contributed by atoms with van der Waals surface area (Å²) < 4.78 is 1.88. The van der Waals surface area contributed by atoms with Crippen LogP contribution in [0.2, 0.25) is 0 Å². The summed E-state index contributed by atoms with van der Waals surface area (Å²) in [7, 11) is 0. The van der Waals surface area contributed by atoms with Crippen LogP contribution in [0.3, 0.4) is 0 Å². The molecule has 1 aliphatic heterocycles. The second-order valence-corrected chi connectivity index (χ2v) is 8.53. The van der Waals surface area contributed by atoms with Crippen LogP contribution in [0.15, 0.2) is 48.8 Å². The van der Waals surface area contributed by atoms with Gasteiger partial charge in [0.25, 0.3) is 5.91 Å². The lowest BCUT2D eigenvalue weighted by molar-refractivity contribution is -0.127. The van der Waals surface area contributed by atoms with Gasteiger partial charge in [-0.05, 0) is 49.6 Å². The number of rotatable bonds is 4. The molecule has 2 amide bonds. The number of carbonyl (C=O) groups excluding carboxylic acids is 2. The second-order valence-electron chi connectivity index (χ2n) is 8.53. The molecule has 0 bridgehead atoms. The molecule has 1 saturated carbocycles. The minimum atomic E-state index is -0.511. The first-order valence-electron chi connectivity index (χ1n) is 10.4. The molecule has 0 radical (unpaired) electrons. The normalized spacial score (nSPS) is 23.1. The maximum absolute atomic E-state index is 13.2. The second kappa shape index (κ2) is 6.37. The molecule has 1 saturated heterocycles. The van der Waals surface area contributed by atoms with Gasteiger partial charge in [-0.25, -0.2) is 4.98 Å². The van der Waals surface area contributed by atoms with E-state index in [1.54, 1.807) is 17.2 Å². The monoisotopic (exact) mass is 415 g/mol. The van der Waals surface area contributed by atoms with E-state index < -0.39 is 5.41 Å². The summed E-state index contributed by atoms with van der Waals surface area (Å²) in [4.78, 5) is 35.5. The van der Waals surface area contributed by atoms with Crippen LogP contribution < -0.4 is 5.32 Å². The summed E-state index contributed by atoms with van der Waals surface area (Å²) in [5.74, 6) is 0.725. The average Bonchev–Trinajstić information content (AvgIpc) is 3.19. The Labute approximate surface area is 177 Å². The summed E-state index contributed by atoms with van der Waals surface area (Å²) in [6, 6.07) is 10.8. The third-order valence-electron chi connectivity index (χ3n) is 6.58. The molecule has 2 fully saturated rings. The SMILES string of the molecule is CC(NC(=O)[C@@]12C[C@@H]1CN(C(=O)c1ccc3[nH]ccc3n1)C2)c1nnc2ccccn12. The van der Waals surface area contributed by atoms with Crippen molar-refractivity contribution in [2.75, 3.05) is 13.1 Å². The molecule has 1 aliphatic carbocycles. The molecule has 4 aromatic heterocycles. The zero-order chi connectivity index (χ0) is 21.2. The summed E-state index contributed by atoms with van der Waals surface area (Å²) in [5.41, 5.74) is 2.30. The Morgan fingerprint density at radius 3 is 3.03 bits per heavy atom. The summed E-state index contributed by atoms with van der Waals surface area (Å²) in [6.45, 7) is 2.91. The lowest BCUT2D eigenvalue weighted by Gasteiger charge is -2.22. The number of piperidine rings is 1. The highest BCUT2D eigenvalue weighted by Gasteiger charge is 2.65. The number of hydrogen-bond donors (Lipinski definition) is 2. The predicted octanol–water partition coefficient (Wildman–Crippen LogP) is 1.95. The highest BCUT2D eigenvalue weighted by atomic mass is 16.2. The topological polar surface area (TPSA) is 108 Å². The lowest BCUT2D eigenvalue weighted by atomic mass is 10.0. The van der Waals surface area contributed by atoms with Gasteiger partial charge < -0.3 is 15.2 Å². The molecule has 0 aromatic carbocycles. The fourth-order valence-electron chi connectivity index (χ4n) is 4.77. The number of aromatic nitrogens is 5. The van der Waals surface area contributed by atoms with Gasteiger partial charge in [0.15, 0.2) is 11.5 Å². The Morgan fingerprint density at radius 2 is 2.13 bits per heavy atom. The van der Waals surface area contributed by atoms with Gasteiger partial charge in [-0.2, -0.15) is 0 Å². The third kappa shape index (κ3) is 2.73. The molecular weight excluding hydrogens is 394 g/mol. The number of fused-ring (bicyclic) bond motifs is 3. The van der Waals surface area contributed by atoms with E-state index in [1.807, 2.05) is 47.9 Å². The third-order valence-corrected chi connectivity index (χ3v) is 6.58. The highest BCUT2D eigenvalue weighted by molar-refractivity contribution is 5.96. The Bertz CT molecular complexity index is 1340. The number of aromatic amines is 1. The molecule has 3 atom stereocenters. The van der Waals surface area contributed by atoms with Gasteiger partial charge in [0.2, 0.25) is 5.91 Å². The van der Waals surface area contributed by atoms with Crippen molar-refractivity contribution in [2.24, 2.45) is 11.3 Å². The first-order chi connectivity index (χ1) is 15.0. The smallest absolute Gasteiger partial charge is 0.272 e. The molecule has 2 aliphatic rings. The number of nitrogens with zero attached hydrogens (tertiary/aromatic N) is 5. The van der Waals surface area contributed by atoms with E-state index in [-0.39, 0.29) is 23.8 Å². The Morgan fingerprint density at radius 1 is 1.23 bits per heavy atom. The van der Waals surface area contributed by atoms with Crippen LogP contribution in [-0.2, 0) is 4.79 Å². The quantitative estimate of drug-likeness (QED) is 0.530. The van der Waals surface area contributed by atoms with E-state index in [0.29, 0.717) is 24.6 Å². The number of nitrogens with one attached hydrogen (secondary N) is 2. The molecule has 31 heavy (non-hydrogen) atoms. The van der Waals surface area contributed by atoms with Crippen molar-refractivity contribution in [3.05, 3.63) is 60.3 Å². The Balaban J connectivity index is 1.17. The van der Waals surface area contributed by atoms with Gasteiger partial charge in [0.05, 0.1) is 22.5 Å². The van der Waals surface area contributed by atoms with Gasteiger partial charge in [-0.1, -0.05) is 6.07 Å². The van der Waals surface area contributed by atoms with Crippen molar-refractivity contribution >= 4 is 28.5 Å². The minimum Gasteiger partial charge on any atom is -0.360 e. The van der Waals surface area contributed by atoms with Gasteiger partial charge in [0.1, 0.15) is 5.69 Å². The van der Waals surface area contributed by atoms with Crippen LogP contribution in [0.4, 0.5) is 0 Å². The van der Waals surface area contributed by atoms with Crippen LogP contribution in [0, 0.1) is 11.3 Å². The van der Waals surface area contributed by atoms with E-state index in [0.717, 1.165) is 23.1 Å². The summed E-state index contributed by atoms with van der Waals surface area (Å²) in [6.07, 6.45) is 4.49. The van der Waals surface area contributed by atoms with Crippen LogP contribution >= 0.6 is 0 Å². The standard InChI is InChI=1S/C22H21N7O2/c1-13(19-27-26-18-4-2-3-9-29(18)19)24-21(31)22-10-14(22)11-28(12-22)20(30)17-6-5-15-16(25-17)7-8-23-15/h2-9,13-14,23H,10-12H2,1H3,(H,24,31)/t13?,14-,22-/m1/s1. The van der Waals surface area contributed by atoms with E-state index in [4.69, 9.17) is 0 Å². The van der Waals surface area contributed by atoms with Crippen LogP contribution in [0.5, 0.6) is 0 Å². The van der Waals surface area contributed by atoms with Gasteiger partial charge in [0, 0.05) is 25.5 Å². The zero-order valence-corrected chi connectivity index (χ0v) is 16.9. The number of hydrogen-bond acceptors (Lipinski definition) is 5. The Hall–Kier alpha value is -3.75. The average molecular weight is 415 g/mol. The maximum Gasteiger partial charge on any atom is 0.272 e. The van der Waals surface area contributed by atoms with Crippen LogP contribution in [0.1, 0.15) is 35.7 Å². The molecule has 2 N–H and O–H groups in total. The molecule has 4 aromatic rings. The van der Waals surface area contributed by atoms with Crippen molar-refractivity contribution in [1.29, 1.82) is 0 Å². The molecule has 9 nitrogen and oxygen atoms in total. The molecule has 9 heteroatoms. The number of amides is 2. The van der Waals surface area contributed by atoms with Gasteiger partial charge in [-0.3, -0.25) is 14.0 Å². The number of likely N-dealkylation sites (tertiary alicyclic amines) is 1. The largest absolute Gasteiger partial charge is 0.360 e. The molecule has 6 rings (SSSR count). The number of carbonyl (C=O) groups is 2. The molecule has 1 unspecified atom stereocenters. The Kier molecular flexibility index (Phi) is 3.71. The van der Waals surface area contributed by atoms with Gasteiger partial charge >= 0.3 is 0 Å². The van der Waals surface area contributed by atoms with E-state index in [1.165, 1.54) is 0 Å². The summed E-state index contributed by atoms with van der Waals surface area (Å²) in [5, 5.41) is 11.5. The first kappa shape index (κ1) is 18.1.